The van der Waals surface area contributed by atoms with E-state index in [1.165, 1.54) is 19.1 Å². The molecule has 0 radical (unpaired) electrons. The van der Waals surface area contributed by atoms with Crippen LogP contribution >= 0.6 is 0 Å². The van der Waals surface area contributed by atoms with Crippen molar-refractivity contribution in [2.24, 2.45) is 0 Å². The Bertz CT molecular complexity index is 1100. The van der Waals surface area contributed by atoms with Crippen LogP contribution in [0.25, 0.3) is 0 Å². The van der Waals surface area contributed by atoms with E-state index in [2.05, 4.69) is 23.6 Å². The van der Waals surface area contributed by atoms with Crippen molar-refractivity contribution in [1.82, 2.24) is 14.7 Å². The number of furan rings is 1. The van der Waals surface area contributed by atoms with Crippen LogP contribution in [0.3, 0.4) is 0 Å². The van der Waals surface area contributed by atoms with Crippen LogP contribution in [-0.4, -0.2) is 85.0 Å². The molecule has 0 spiro atoms. The van der Waals surface area contributed by atoms with Crippen LogP contribution in [0, 0.1) is 12.7 Å². The largest absolute Gasteiger partial charge is 0.456 e. The monoisotopic (exact) mass is 514 g/mol. The SMILES string of the molecule is CC(=O)N1CCCN(C(C)C)CCN(C(=O)c2cc(CN3CCOCC3)c(C)o2)Cc2ccc(F)cc21. The van der Waals surface area contributed by atoms with Crippen molar-refractivity contribution in [2.75, 3.05) is 57.4 Å². The Morgan fingerprint density at radius 3 is 2.49 bits per heavy atom. The number of carbonyl (C=O) groups is 2. The number of nitrogens with zero attached hydrogens (tertiary/aromatic N) is 4. The molecule has 2 amide bonds. The first kappa shape index (κ1) is 27.3. The minimum atomic E-state index is -0.407. The molecule has 2 aliphatic heterocycles. The van der Waals surface area contributed by atoms with Crippen LogP contribution in [0.2, 0.25) is 0 Å². The first-order valence-electron chi connectivity index (χ1n) is 13.2. The van der Waals surface area contributed by atoms with Gasteiger partial charge in [-0.1, -0.05) is 6.07 Å². The number of halogens is 1. The summed E-state index contributed by atoms with van der Waals surface area (Å²) in [5, 5.41) is 0. The lowest BCUT2D eigenvalue weighted by molar-refractivity contribution is -0.116. The van der Waals surface area contributed by atoms with Crippen LogP contribution in [0.5, 0.6) is 0 Å². The Kier molecular flexibility index (Phi) is 9.00. The Morgan fingerprint density at radius 2 is 1.78 bits per heavy atom. The molecule has 0 bridgehead atoms. The molecule has 2 aromatic rings. The molecule has 37 heavy (non-hydrogen) atoms. The Balaban J connectivity index is 1.64. The van der Waals surface area contributed by atoms with E-state index in [1.807, 2.05) is 13.0 Å². The topological polar surface area (TPSA) is 69.5 Å². The first-order valence-corrected chi connectivity index (χ1v) is 13.2. The molecule has 8 nitrogen and oxygen atoms in total. The second kappa shape index (κ2) is 12.2. The number of morpholine rings is 1. The number of hydrogen-bond donors (Lipinski definition) is 0. The van der Waals surface area contributed by atoms with Gasteiger partial charge in [-0.2, -0.15) is 0 Å². The van der Waals surface area contributed by atoms with Crippen LogP contribution in [0.15, 0.2) is 28.7 Å². The smallest absolute Gasteiger partial charge is 0.289 e. The summed E-state index contributed by atoms with van der Waals surface area (Å²) in [5.74, 6) is 0.287. The maximum atomic E-state index is 14.3. The number of amides is 2. The fourth-order valence-electron chi connectivity index (χ4n) is 5.08. The van der Waals surface area contributed by atoms with Crippen molar-refractivity contribution in [3.63, 3.8) is 0 Å². The first-order chi connectivity index (χ1) is 17.7. The zero-order valence-corrected chi connectivity index (χ0v) is 22.5. The number of hydrogen-bond acceptors (Lipinski definition) is 6. The fraction of sp³-hybridized carbons (Fsp3) is 0.571. The van der Waals surface area contributed by atoms with Gasteiger partial charge in [-0.25, -0.2) is 4.39 Å². The lowest BCUT2D eigenvalue weighted by Crippen LogP contribution is -2.41. The van der Waals surface area contributed by atoms with Gasteiger partial charge in [0.2, 0.25) is 5.91 Å². The highest BCUT2D eigenvalue weighted by molar-refractivity contribution is 5.93. The standard InChI is InChI=1S/C28H39FN4O4/c1-20(2)31-8-5-9-33(22(4)34)26-17-25(29)7-6-23(26)19-32(11-10-31)28(35)27-16-24(21(3)37-27)18-30-12-14-36-15-13-30/h6-7,16-17,20H,5,8-15,18-19H2,1-4H3. The molecule has 0 atom stereocenters. The molecular formula is C28H39FN4O4. The second-order valence-electron chi connectivity index (χ2n) is 10.2. The van der Waals surface area contributed by atoms with E-state index in [4.69, 9.17) is 9.15 Å². The molecular weight excluding hydrogens is 475 g/mol. The normalized spacial score (nSPS) is 18.5. The fourth-order valence-corrected chi connectivity index (χ4v) is 5.08. The molecule has 1 aromatic heterocycles. The summed E-state index contributed by atoms with van der Waals surface area (Å²) in [7, 11) is 0. The van der Waals surface area contributed by atoms with Gasteiger partial charge in [-0.15, -0.1) is 0 Å². The second-order valence-corrected chi connectivity index (χ2v) is 10.2. The molecule has 0 N–H and O–H groups in total. The average molecular weight is 515 g/mol. The molecule has 9 heteroatoms. The van der Waals surface area contributed by atoms with Gasteiger partial charge in [-0.3, -0.25) is 19.4 Å². The molecule has 0 unspecified atom stereocenters. The van der Waals surface area contributed by atoms with Crippen LogP contribution < -0.4 is 4.90 Å². The number of fused-ring (bicyclic) bond motifs is 1. The van der Waals surface area contributed by atoms with Crippen molar-refractivity contribution < 1.29 is 23.1 Å². The Morgan fingerprint density at radius 1 is 1.03 bits per heavy atom. The van der Waals surface area contributed by atoms with Gasteiger partial charge in [0, 0.05) is 70.9 Å². The van der Waals surface area contributed by atoms with Gasteiger partial charge < -0.3 is 19.0 Å². The van der Waals surface area contributed by atoms with Gasteiger partial charge in [0.1, 0.15) is 11.6 Å². The summed E-state index contributed by atoms with van der Waals surface area (Å²) < 4.78 is 25.7. The Hall–Kier alpha value is -2.75. The maximum absolute atomic E-state index is 14.3. The minimum Gasteiger partial charge on any atom is -0.456 e. The summed E-state index contributed by atoms with van der Waals surface area (Å²) in [6, 6.07) is 6.60. The number of carbonyl (C=O) groups excluding carboxylic acids is 2. The van der Waals surface area contributed by atoms with E-state index in [-0.39, 0.29) is 24.4 Å². The summed E-state index contributed by atoms with van der Waals surface area (Å²) in [5.41, 5.74) is 2.25. The third-order valence-corrected chi connectivity index (χ3v) is 7.31. The van der Waals surface area contributed by atoms with Gasteiger partial charge in [0.15, 0.2) is 5.76 Å². The van der Waals surface area contributed by atoms with Gasteiger partial charge in [-0.05, 0) is 51.0 Å². The predicted molar refractivity (Wildman–Crippen MR) is 140 cm³/mol. The molecule has 202 valence electrons. The van der Waals surface area contributed by atoms with Crippen molar-refractivity contribution in [2.45, 2.75) is 53.2 Å². The average Bonchev–Trinajstić information content (AvgIpc) is 3.21. The van der Waals surface area contributed by atoms with Crippen molar-refractivity contribution in [1.29, 1.82) is 0 Å². The lowest BCUT2D eigenvalue weighted by atomic mass is 10.1. The molecule has 1 fully saturated rings. The summed E-state index contributed by atoms with van der Waals surface area (Å²) >= 11 is 0. The third kappa shape index (κ3) is 6.77. The van der Waals surface area contributed by atoms with E-state index >= 15 is 0 Å². The van der Waals surface area contributed by atoms with Gasteiger partial charge in [0.25, 0.3) is 5.91 Å². The summed E-state index contributed by atoms with van der Waals surface area (Å²) in [6.45, 7) is 14.2. The zero-order valence-electron chi connectivity index (χ0n) is 22.5. The van der Waals surface area contributed by atoms with Crippen molar-refractivity contribution in [3.05, 3.63) is 52.7 Å². The molecule has 1 saturated heterocycles. The highest BCUT2D eigenvalue weighted by Gasteiger charge is 2.27. The predicted octanol–water partition coefficient (Wildman–Crippen LogP) is 3.67. The molecule has 0 saturated carbocycles. The zero-order chi connectivity index (χ0) is 26.5. The van der Waals surface area contributed by atoms with Crippen LogP contribution in [0.1, 0.15) is 54.6 Å². The van der Waals surface area contributed by atoms with Gasteiger partial charge in [0.05, 0.1) is 18.9 Å². The number of anilines is 1. The van der Waals surface area contributed by atoms with Gasteiger partial charge >= 0.3 is 0 Å². The highest BCUT2D eigenvalue weighted by Crippen LogP contribution is 2.27. The van der Waals surface area contributed by atoms with E-state index in [1.54, 1.807) is 15.9 Å². The number of ether oxygens (including phenoxy) is 1. The van der Waals surface area contributed by atoms with E-state index < -0.39 is 5.82 Å². The summed E-state index contributed by atoms with van der Waals surface area (Å²) in [6.07, 6.45) is 0.754. The van der Waals surface area contributed by atoms with E-state index in [9.17, 15) is 14.0 Å². The van der Waals surface area contributed by atoms with E-state index in [0.29, 0.717) is 50.8 Å². The molecule has 2 aliphatic rings. The van der Waals surface area contributed by atoms with Crippen molar-refractivity contribution in [3.8, 4) is 0 Å². The molecule has 3 heterocycles. The third-order valence-electron chi connectivity index (χ3n) is 7.31. The molecule has 0 aliphatic carbocycles. The Labute approximate surface area is 218 Å². The number of benzene rings is 1. The molecule has 1 aromatic carbocycles. The van der Waals surface area contributed by atoms with Crippen LogP contribution in [0.4, 0.5) is 10.1 Å². The summed E-state index contributed by atoms with van der Waals surface area (Å²) in [4.78, 5) is 34.4. The lowest BCUT2D eigenvalue weighted by Gasteiger charge is -2.29. The van der Waals surface area contributed by atoms with Crippen molar-refractivity contribution >= 4 is 17.5 Å². The highest BCUT2D eigenvalue weighted by atomic mass is 19.1. The number of rotatable bonds is 4. The molecule has 4 rings (SSSR count). The number of aryl methyl sites for hydroxylation is 1. The van der Waals surface area contributed by atoms with E-state index in [0.717, 1.165) is 42.9 Å². The van der Waals surface area contributed by atoms with Crippen LogP contribution in [-0.2, 0) is 22.6 Å². The minimum absolute atomic E-state index is 0.144. The quantitative estimate of drug-likeness (QED) is 0.620. The maximum Gasteiger partial charge on any atom is 0.289 e.